The molecule has 1 aromatic carbocycles. The van der Waals surface area contributed by atoms with Gasteiger partial charge in [-0.25, -0.2) is 4.39 Å². The van der Waals surface area contributed by atoms with Crippen molar-refractivity contribution in [2.45, 2.75) is 38.6 Å². The number of hydrogen-bond acceptors (Lipinski definition) is 1. The van der Waals surface area contributed by atoms with Crippen molar-refractivity contribution in [3.63, 3.8) is 0 Å². The van der Waals surface area contributed by atoms with E-state index in [9.17, 15) is 4.39 Å². The van der Waals surface area contributed by atoms with Gasteiger partial charge in [-0.3, -0.25) is 0 Å². The maximum Gasteiger partial charge on any atom is 0.127 e. The summed E-state index contributed by atoms with van der Waals surface area (Å²) in [5.74, 6) is 0.220. The molecule has 94 valence electrons. The minimum Gasteiger partial charge on any atom is -0.314 e. The van der Waals surface area contributed by atoms with Crippen molar-refractivity contribution in [2.24, 2.45) is 5.92 Å². The summed E-state index contributed by atoms with van der Waals surface area (Å²) in [6.45, 7) is 3.07. The van der Waals surface area contributed by atoms with Crippen LogP contribution in [0.1, 0.15) is 31.7 Å². The van der Waals surface area contributed by atoms with E-state index in [0.717, 1.165) is 6.54 Å². The summed E-state index contributed by atoms with van der Waals surface area (Å²) in [5, 5.41) is 4.05. The van der Waals surface area contributed by atoms with E-state index in [0.29, 0.717) is 29.0 Å². The third-order valence-electron chi connectivity index (χ3n) is 3.47. The van der Waals surface area contributed by atoms with Crippen LogP contribution in [0.2, 0.25) is 5.02 Å². The van der Waals surface area contributed by atoms with Crippen LogP contribution in [0.25, 0.3) is 0 Å². The quantitative estimate of drug-likeness (QED) is 0.844. The predicted molar refractivity (Wildman–Crippen MR) is 69.9 cm³/mol. The predicted octanol–water partition coefficient (Wildman–Crippen LogP) is 3.80. The lowest BCUT2D eigenvalue weighted by Crippen LogP contribution is -2.38. The van der Waals surface area contributed by atoms with E-state index in [1.54, 1.807) is 12.1 Å². The van der Waals surface area contributed by atoms with Crippen LogP contribution >= 0.6 is 11.6 Å². The molecule has 1 atom stereocenters. The number of halogens is 2. The fourth-order valence-corrected chi connectivity index (χ4v) is 2.37. The highest BCUT2D eigenvalue weighted by Crippen LogP contribution is 2.23. The minimum absolute atomic E-state index is 0.187. The summed E-state index contributed by atoms with van der Waals surface area (Å²) < 4.78 is 13.6. The van der Waals surface area contributed by atoms with Crippen molar-refractivity contribution < 1.29 is 4.39 Å². The Balaban J connectivity index is 1.86. The van der Waals surface area contributed by atoms with E-state index in [2.05, 4.69) is 12.2 Å². The standard InChI is InChI=1S/C14H19ClFN/c1-10(9-17-11-4-2-5-11)8-12-13(15)6-3-7-14(12)16/h3,6-7,10-11,17H,2,4-5,8-9H2,1H3. The molecule has 0 radical (unpaired) electrons. The van der Waals surface area contributed by atoms with Gasteiger partial charge in [0.25, 0.3) is 0 Å². The van der Waals surface area contributed by atoms with E-state index in [1.165, 1.54) is 25.3 Å². The lowest BCUT2D eigenvalue weighted by Gasteiger charge is -2.28. The monoisotopic (exact) mass is 255 g/mol. The smallest absolute Gasteiger partial charge is 0.127 e. The first kappa shape index (κ1) is 12.8. The number of rotatable bonds is 5. The van der Waals surface area contributed by atoms with E-state index in [1.807, 2.05) is 0 Å². The molecule has 1 aromatic rings. The largest absolute Gasteiger partial charge is 0.314 e. The number of nitrogens with one attached hydrogen (secondary N) is 1. The summed E-state index contributed by atoms with van der Waals surface area (Å²) in [6, 6.07) is 5.58. The maximum atomic E-state index is 13.6. The molecule has 0 amide bonds. The summed E-state index contributed by atoms with van der Waals surface area (Å²) >= 11 is 6.01. The molecule has 0 saturated heterocycles. The van der Waals surface area contributed by atoms with Crippen molar-refractivity contribution in [2.75, 3.05) is 6.54 Å². The lowest BCUT2D eigenvalue weighted by molar-refractivity contribution is 0.320. The molecule has 1 unspecified atom stereocenters. The van der Waals surface area contributed by atoms with Crippen LogP contribution in [0.3, 0.4) is 0 Å². The molecule has 0 heterocycles. The highest BCUT2D eigenvalue weighted by molar-refractivity contribution is 6.31. The second-order valence-corrected chi connectivity index (χ2v) is 5.45. The van der Waals surface area contributed by atoms with Crippen molar-refractivity contribution in [1.29, 1.82) is 0 Å². The van der Waals surface area contributed by atoms with Crippen molar-refractivity contribution in [3.05, 3.63) is 34.6 Å². The highest BCUT2D eigenvalue weighted by Gasteiger charge is 2.18. The lowest BCUT2D eigenvalue weighted by atomic mass is 9.92. The average Bonchev–Trinajstić information content (AvgIpc) is 2.21. The molecular weight excluding hydrogens is 237 g/mol. The highest BCUT2D eigenvalue weighted by atomic mass is 35.5. The van der Waals surface area contributed by atoms with Crippen LogP contribution in [0, 0.1) is 11.7 Å². The maximum absolute atomic E-state index is 13.6. The molecule has 1 fully saturated rings. The van der Waals surface area contributed by atoms with Crippen LogP contribution in [0.4, 0.5) is 4.39 Å². The first-order chi connectivity index (χ1) is 8.16. The first-order valence-corrected chi connectivity index (χ1v) is 6.71. The third-order valence-corrected chi connectivity index (χ3v) is 3.83. The Morgan fingerprint density at radius 3 is 2.82 bits per heavy atom. The zero-order chi connectivity index (χ0) is 12.3. The third kappa shape index (κ3) is 3.43. The Kier molecular flexibility index (Phi) is 4.41. The molecule has 1 aliphatic rings. The first-order valence-electron chi connectivity index (χ1n) is 6.33. The zero-order valence-corrected chi connectivity index (χ0v) is 10.9. The van der Waals surface area contributed by atoms with Gasteiger partial charge in [0.05, 0.1) is 0 Å². The average molecular weight is 256 g/mol. The van der Waals surface area contributed by atoms with Crippen LogP contribution in [0.5, 0.6) is 0 Å². The summed E-state index contributed by atoms with van der Waals surface area (Å²) in [7, 11) is 0. The summed E-state index contributed by atoms with van der Waals surface area (Å²) in [4.78, 5) is 0. The Morgan fingerprint density at radius 1 is 1.47 bits per heavy atom. The van der Waals surface area contributed by atoms with Crippen LogP contribution in [-0.4, -0.2) is 12.6 Å². The molecule has 2 rings (SSSR count). The fraction of sp³-hybridized carbons (Fsp3) is 0.571. The normalized spacial score (nSPS) is 17.8. The Labute approximate surface area is 107 Å². The molecule has 0 bridgehead atoms. The molecule has 1 nitrogen and oxygen atoms in total. The van der Waals surface area contributed by atoms with E-state index < -0.39 is 0 Å². The van der Waals surface area contributed by atoms with Crippen LogP contribution < -0.4 is 5.32 Å². The van der Waals surface area contributed by atoms with Gasteiger partial charge in [-0.2, -0.15) is 0 Å². The topological polar surface area (TPSA) is 12.0 Å². The fourth-order valence-electron chi connectivity index (χ4n) is 2.13. The minimum atomic E-state index is -0.187. The van der Waals surface area contributed by atoms with Gasteiger partial charge in [0.2, 0.25) is 0 Å². The van der Waals surface area contributed by atoms with Gasteiger partial charge in [-0.15, -0.1) is 0 Å². The molecule has 0 spiro atoms. The van der Waals surface area contributed by atoms with Crippen molar-refractivity contribution >= 4 is 11.6 Å². The van der Waals surface area contributed by atoms with Gasteiger partial charge in [0, 0.05) is 16.6 Å². The summed E-state index contributed by atoms with van der Waals surface area (Å²) in [6.07, 6.45) is 4.61. The number of benzene rings is 1. The molecule has 0 aliphatic heterocycles. The molecule has 17 heavy (non-hydrogen) atoms. The molecule has 1 saturated carbocycles. The number of hydrogen-bond donors (Lipinski definition) is 1. The van der Waals surface area contributed by atoms with Crippen molar-refractivity contribution in [3.8, 4) is 0 Å². The van der Waals surface area contributed by atoms with E-state index >= 15 is 0 Å². The Hall–Kier alpha value is -0.600. The molecule has 1 N–H and O–H groups in total. The molecule has 1 aliphatic carbocycles. The Bertz CT molecular complexity index is 356. The Morgan fingerprint density at radius 2 is 2.24 bits per heavy atom. The van der Waals surface area contributed by atoms with Crippen LogP contribution in [0.15, 0.2) is 18.2 Å². The van der Waals surface area contributed by atoms with E-state index in [4.69, 9.17) is 11.6 Å². The molecular formula is C14H19ClFN. The van der Waals surface area contributed by atoms with Gasteiger partial charge >= 0.3 is 0 Å². The molecule has 3 heteroatoms. The van der Waals surface area contributed by atoms with Gasteiger partial charge in [-0.1, -0.05) is 31.0 Å². The van der Waals surface area contributed by atoms with Gasteiger partial charge in [-0.05, 0) is 43.9 Å². The van der Waals surface area contributed by atoms with Gasteiger partial charge in [0.1, 0.15) is 5.82 Å². The van der Waals surface area contributed by atoms with Gasteiger partial charge < -0.3 is 5.32 Å². The van der Waals surface area contributed by atoms with Crippen LogP contribution in [-0.2, 0) is 6.42 Å². The second kappa shape index (κ2) is 5.83. The van der Waals surface area contributed by atoms with E-state index in [-0.39, 0.29) is 5.82 Å². The van der Waals surface area contributed by atoms with Crippen molar-refractivity contribution in [1.82, 2.24) is 5.32 Å². The molecule has 0 aromatic heterocycles. The zero-order valence-electron chi connectivity index (χ0n) is 10.2. The SMILES string of the molecule is CC(CNC1CCC1)Cc1c(F)cccc1Cl. The van der Waals surface area contributed by atoms with Gasteiger partial charge in [0.15, 0.2) is 0 Å². The second-order valence-electron chi connectivity index (χ2n) is 5.05. The summed E-state index contributed by atoms with van der Waals surface area (Å²) in [5.41, 5.74) is 0.650.